The number of hydrogen-bond acceptors (Lipinski definition) is 9. The second-order valence-corrected chi connectivity index (χ2v) is 11.1. The number of nitrogens with zero attached hydrogens (tertiary/aromatic N) is 5. The number of pyridine rings is 1. The van der Waals surface area contributed by atoms with E-state index in [4.69, 9.17) is 4.74 Å². The van der Waals surface area contributed by atoms with Crippen molar-refractivity contribution in [2.45, 2.75) is 43.9 Å². The zero-order chi connectivity index (χ0) is 23.7. The number of thiazole rings is 1. The van der Waals surface area contributed by atoms with E-state index in [1.54, 1.807) is 35.6 Å². The average molecular weight is 501 g/mol. The number of carbonyl (C=O) groups excluding carboxylic acids is 1. The van der Waals surface area contributed by atoms with Crippen LogP contribution >= 0.6 is 11.3 Å². The number of nitrogens with one attached hydrogen (secondary N) is 1. The fourth-order valence-electron chi connectivity index (χ4n) is 3.92. The molecule has 1 N–H and O–H groups in total. The minimum atomic E-state index is -3.41. The summed E-state index contributed by atoms with van der Waals surface area (Å²) >= 11 is 1.25. The molecule has 1 atom stereocenters. The van der Waals surface area contributed by atoms with Crippen LogP contribution in [0.5, 0.6) is 5.88 Å². The van der Waals surface area contributed by atoms with E-state index in [9.17, 15) is 13.2 Å². The number of sulfonamides is 1. The Morgan fingerprint density at radius 2 is 2.06 bits per heavy atom. The molecule has 34 heavy (non-hydrogen) atoms. The quantitative estimate of drug-likeness (QED) is 0.499. The van der Waals surface area contributed by atoms with Crippen molar-refractivity contribution in [3.63, 3.8) is 0 Å². The maximum atomic E-state index is 13.3. The van der Waals surface area contributed by atoms with E-state index in [2.05, 4.69) is 24.7 Å². The zero-order valence-corrected chi connectivity index (χ0v) is 20.2. The molecule has 0 aromatic carbocycles. The van der Waals surface area contributed by atoms with Crippen molar-refractivity contribution in [3.05, 3.63) is 47.5 Å². The Labute approximate surface area is 201 Å². The average Bonchev–Trinajstić information content (AvgIpc) is 3.39. The highest BCUT2D eigenvalue weighted by molar-refractivity contribution is 7.93. The molecule has 1 aliphatic carbocycles. The first kappa shape index (κ1) is 22.7. The number of carbonyl (C=O) groups is 1. The van der Waals surface area contributed by atoms with Crippen LogP contribution in [-0.4, -0.2) is 57.6 Å². The van der Waals surface area contributed by atoms with Gasteiger partial charge in [-0.2, -0.15) is 0 Å². The summed E-state index contributed by atoms with van der Waals surface area (Å²) < 4.78 is 32.6. The molecule has 12 heteroatoms. The summed E-state index contributed by atoms with van der Waals surface area (Å²) in [6.07, 6.45) is 7.71. The van der Waals surface area contributed by atoms with Crippen molar-refractivity contribution in [1.82, 2.24) is 24.8 Å². The smallest absolute Gasteiger partial charge is 0.283 e. The number of rotatable bonds is 8. The zero-order valence-electron chi connectivity index (χ0n) is 18.5. The van der Waals surface area contributed by atoms with Crippen LogP contribution in [0.2, 0.25) is 0 Å². The van der Waals surface area contributed by atoms with Crippen LogP contribution in [0.15, 0.2) is 36.8 Å². The number of anilines is 1. The molecule has 0 radical (unpaired) electrons. The Kier molecular flexibility index (Phi) is 6.17. The summed E-state index contributed by atoms with van der Waals surface area (Å²) in [5.74, 6) is 0.524. The van der Waals surface area contributed by atoms with Crippen LogP contribution in [0.1, 0.15) is 54.1 Å². The van der Waals surface area contributed by atoms with Crippen molar-refractivity contribution < 1.29 is 17.9 Å². The lowest BCUT2D eigenvalue weighted by Gasteiger charge is -2.23. The lowest BCUT2D eigenvalue weighted by Crippen LogP contribution is -2.31. The van der Waals surface area contributed by atoms with Crippen LogP contribution in [0.4, 0.5) is 5.82 Å². The van der Waals surface area contributed by atoms with Gasteiger partial charge in [0.05, 0.1) is 40.9 Å². The summed E-state index contributed by atoms with van der Waals surface area (Å²) in [5.41, 5.74) is 1.26. The SMILES string of the molecule is CCOc1cncc(-c2cnc(C(=O)N3CCC[C@@H]3c3cccc(NS(=O)(=O)C4CC4)n3)s2)n1. The molecule has 1 saturated carbocycles. The van der Waals surface area contributed by atoms with E-state index >= 15 is 0 Å². The lowest BCUT2D eigenvalue weighted by atomic mass is 10.1. The normalized spacial score (nSPS) is 18.1. The van der Waals surface area contributed by atoms with E-state index in [1.807, 2.05) is 13.0 Å². The van der Waals surface area contributed by atoms with E-state index < -0.39 is 10.0 Å². The minimum absolute atomic E-state index is 0.182. The summed E-state index contributed by atoms with van der Waals surface area (Å²) in [6, 6.07) is 4.98. The number of likely N-dealkylation sites (tertiary alicyclic amines) is 1. The molecular formula is C22H24N6O4S2. The predicted molar refractivity (Wildman–Crippen MR) is 127 cm³/mol. The van der Waals surface area contributed by atoms with Crippen LogP contribution < -0.4 is 9.46 Å². The first-order valence-electron chi connectivity index (χ1n) is 11.1. The number of aromatic nitrogens is 4. The minimum Gasteiger partial charge on any atom is -0.477 e. The van der Waals surface area contributed by atoms with Gasteiger partial charge in [-0.15, -0.1) is 11.3 Å². The molecule has 0 spiro atoms. The van der Waals surface area contributed by atoms with Gasteiger partial charge in [0.2, 0.25) is 15.9 Å². The van der Waals surface area contributed by atoms with Gasteiger partial charge < -0.3 is 9.64 Å². The van der Waals surface area contributed by atoms with Gasteiger partial charge in [-0.1, -0.05) is 6.07 Å². The van der Waals surface area contributed by atoms with Crippen molar-refractivity contribution in [2.75, 3.05) is 17.9 Å². The standard InChI is InChI=1S/C22H24N6O4S2/c1-2-32-20-13-23-11-16(26-20)18-12-24-21(33-18)22(29)28-10-4-6-17(28)15-5-3-7-19(25-15)27-34(30,31)14-8-9-14/h3,5,7,11-14,17H,2,4,6,8-10H2,1H3,(H,25,27)/t17-/m1/s1. The molecule has 178 valence electrons. The van der Waals surface area contributed by atoms with Crippen molar-refractivity contribution >= 4 is 33.1 Å². The van der Waals surface area contributed by atoms with Gasteiger partial charge in [-0.3, -0.25) is 14.5 Å². The van der Waals surface area contributed by atoms with E-state index in [0.717, 1.165) is 17.7 Å². The number of hydrogen-bond donors (Lipinski definition) is 1. The van der Waals surface area contributed by atoms with Gasteiger partial charge in [-0.05, 0) is 44.7 Å². The summed E-state index contributed by atoms with van der Waals surface area (Å²) in [7, 11) is -3.41. The van der Waals surface area contributed by atoms with Crippen LogP contribution in [0.3, 0.4) is 0 Å². The molecule has 0 bridgehead atoms. The second kappa shape index (κ2) is 9.26. The van der Waals surface area contributed by atoms with Gasteiger partial charge in [-0.25, -0.2) is 23.4 Å². The van der Waals surface area contributed by atoms with Gasteiger partial charge in [0.15, 0.2) is 5.01 Å². The van der Waals surface area contributed by atoms with Gasteiger partial charge in [0, 0.05) is 12.7 Å². The molecule has 1 saturated heterocycles. The largest absolute Gasteiger partial charge is 0.477 e. The molecule has 3 aromatic heterocycles. The van der Waals surface area contributed by atoms with E-state index in [0.29, 0.717) is 48.3 Å². The molecule has 4 heterocycles. The molecule has 1 amide bonds. The van der Waals surface area contributed by atoms with Gasteiger partial charge in [0.1, 0.15) is 11.5 Å². The maximum absolute atomic E-state index is 13.3. The van der Waals surface area contributed by atoms with Crippen molar-refractivity contribution in [3.8, 4) is 16.5 Å². The highest BCUT2D eigenvalue weighted by Crippen LogP contribution is 2.35. The lowest BCUT2D eigenvalue weighted by molar-refractivity contribution is 0.0732. The molecule has 3 aromatic rings. The Hall–Kier alpha value is -3.12. The van der Waals surface area contributed by atoms with Crippen LogP contribution in [0, 0.1) is 0 Å². The van der Waals surface area contributed by atoms with Crippen LogP contribution in [-0.2, 0) is 10.0 Å². The summed E-state index contributed by atoms with van der Waals surface area (Å²) in [6.45, 7) is 2.94. The summed E-state index contributed by atoms with van der Waals surface area (Å²) in [5, 5.41) is 0.0247. The molecule has 2 fully saturated rings. The second-order valence-electron chi connectivity index (χ2n) is 8.16. The Balaban J connectivity index is 1.34. The third-order valence-corrected chi connectivity index (χ3v) is 8.53. The van der Waals surface area contributed by atoms with Crippen LogP contribution in [0.25, 0.3) is 10.6 Å². The molecule has 10 nitrogen and oxygen atoms in total. The molecule has 2 aliphatic rings. The van der Waals surface area contributed by atoms with Gasteiger partial charge >= 0.3 is 0 Å². The molecular weight excluding hydrogens is 476 g/mol. The summed E-state index contributed by atoms with van der Waals surface area (Å²) in [4.78, 5) is 33.2. The third-order valence-electron chi connectivity index (χ3n) is 5.68. The highest BCUT2D eigenvalue weighted by Gasteiger charge is 2.37. The van der Waals surface area contributed by atoms with Gasteiger partial charge in [0.25, 0.3) is 5.91 Å². The van der Waals surface area contributed by atoms with E-state index in [-0.39, 0.29) is 23.0 Å². The first-order valence-corrected chi connectivity index (χ1v) is 13.5. The van der Waals surface area contributed by atoms with Crippen molar-refractivity contribution in [1.29, 1.82) is 0 Å². The highest BCUT2D eigenvalue weighted by atomic mass is 32.2. The third kappa shape index (κ3) is 4.73. The topological polar surface area (TPSA) is 127 Å². The fraction of sp³-hybridized carbons (Fsp3) is 0.409. The first-order chi connectivity index (χ1) is 16.4. The Bertz CT molecular complexity index is 1310. The Morgan fingerprint density at radius 1 is 1.21 bits per heavy atom. The molecule has 0 unspecified atom stereocenters. The fourth-order valence-corrected chi connectivity index (χ4v) is 6.07. The van der Waals surface area contributed by atoms with Crippen molar-refractivity contribution in [2.24, 2.45) is 0 Å². The molecule has 1 aliphatic heterocycles. The number of amides is 1. The maximum Gasteiger partial charge on any atom is 0.283 e. The predicted octanol–water partition coefficient (Wildman–Crippen LogP) is 3.28. The molecule has 5 rings (SSSR count). The monoisotopic (exact) mass is 500 g/mol. The Morgan fingerprint density at radius 3 is 2.85 bits per heavy atom. The number of ether oxygens (including phenoxy) is 1. The van der Waals surface area contributed by atoms with E-state index in [1.165, 1.54) is 11.3 Å².